The molecule has 1 N–H and O–H groups in total. The van der Waals surface area contributed by atoms with Crippen molar-refractivity contribution in [3.8, 4) is 5.75 Å². The van der Waals surface area contributed by atoms with Crippen LogP contribution in [0.4, 0.5) is 4.79 Å². The number of hydrogen-bond donors (Lipinski definition) is 1. The van der Waals surface area contributed by atoms with Crippen LogP contribution in [0.25, 0.3) is 0 Å². The van der Waals surface area contributed by atoms with Gasteiger partial charge in [0.1, 0.15) is 18.4 Å². The maximum atomic E-state index is 12.3. The number of rotatable bonds is 11. The molecule has 0 heterocycles. The van der Waals surface area contributed by atoms with Gasteiger partial charge in [-0.1, -0.05) is 30.3 Å². The summed E-state index contributed by atoms with van der Waals surface area (Å²) in [7, 11) is 6.02. The largest absolute Gasteiger partial charge is 0.496 e. The SMILES string of the molecule is COCc1cc(C[C@H](NC(=O)OCc2ccccc2)C(=O)OC)cc(COC)c1OC. The third-order valence-electron chi connectivity index (χ3n) is 4.54. The standard InChI is InChI=1S/C23H29NO7/c1-27-14-18-10-17(11-19(15-28-2)21(18)29-3)12-20(22(25)30-4)24-23(26)31-13-16-8-6-5-7-9-16/h5-11,20H,12-15H2,1-4H3,(H,24,26)/t20-/m0/s1. The molecule has 2 aromatic rings. The van der Waals surface area contributed by atoms with Crippen LogP contribution in [-0.2, 0) is 50.0 Å². The van der Waals surface area contributed by atoms with Crippen molar-refractivity contribution in [1.29, 1.82) is 0 Å². The molecular formula is C23H29NO7. The summed E-state index contributed by atoms with van der Waals surface area (Å²) >= 11 is 0. The fraction of sp³-hybridized carbons (Fsp3) is 0.391. The van der Waals surface area contributed by atoms with Crippen molar-refractivity contribution >= 4 is 12.1 Å². The van der Waals surface area contributed by atoms with E-state index in [1.54, 1.807) is 21.3 Å². The highest BCUT2D eigenvalue weighted by atomic mass is 16.6. The second-order valence-corrected chi connectivity index (χ2v) is 6.80. The molecule has 0 aromatic heterocycles. The molecular weight excluding hydrogens is 402 g/mol. The van der Waals surface area contributed by atoms with Gasteiger partial charge in [-0.25, -0.2) is 9.59 Å². The summed E-state index contributed by atoms with van der Waals surface area (Å²) in [6.45, 7) is 0.741. The van der Waals surface area contributed by atoms with Crippen molar-refractivity contribution in [3.05, 3.63) is 64.7 Å². The molecule has 0 aliphatic heterocycles. The quantitative estimate of drug-likeness (QED) is 0.547. The van der Waals surface area contributed by atoms with Crippen molar-refractivity contribution in [2.24, 2.45) is 0 Å². The molecule has 1 atom stereocenters. The number of esters is 1. The van der Waals surface area contributed by atoms with Gasteiger partial charge in [0.05, 0.1) is 27.4 Å². The zero-order valence-electron chi connectivity index (χ0n) is 18.3. The van der Waals surface area contributed by atoms with Crippen molar-refractivity contribution in [3.63, 3.8) is 0 Å². The van der Waals surface area contributed by atoms with E-state index >= 15 is 0 Å². The Morgan fingerprint density at radius 1 is 0.871 bits per heavy atom. The van der Waals surface area contributed by atoms with Crippen molar-refractivity contribution in [2.45, 2.75) is 32.3 Å². The van der Waals surface area contributed by atoms with Gasteiger partial charge in [-0.05, 0) is 23.3 Å². The van der Waals surface area contributed by atoms with Crippen LogP contribution in [-0.4, -0.2) is 46.5 Å². The van der Waals surface area contributed by atoms with Gasteiger partial charge in [-0.15, -0.1) is 0 Å². The van der Waals surface area contributed by atoms with Crippen LogP contribution >= 0.6 is 0 Å². The zero-order chi connectivity index (χ0) is 22.6. The molecule has 0 saturated carbocycles. The number of methoxy groups -OCH3 is 4. The molecule has 0 saturated heterocycles. The maximum absolute atomic E-state index is 12.3. The Balaban J connectivity index is 2.17. The lowest BCUT2D eigenvalue weighted by molar-refractivity contribution is -0.143. The number of carbonyl (C=O) groups excluding carboxylic acids is 2. The van der Waals surface area contributed by atoms with E-state index in [0.717, 1.165) is 22.3 Å². The number of alkyl carbamates (subject to hydrolysis) is 1. The van der Waals surface area contributed by atoms with E-state index in [1.165, 1.54) is 7.11 Å². The topological polar surface area (TPSA) is 92.3 Å². The van der Waals surface area contributed by atoms with Crippen LogP contribution in [0.1, 0.15) is 22.3 Å². The number of amides is 1. The molecule has 2 rings (SSSR count). The number of nitrogens with one attached hydrogen (secondary N) is 1. The first-order valence-electron chi connectivity index (χ1n) is 9.73. The molecule has 0 radical (unpaired) electrons. The summed E-state index contributed by atoms with van der Waals surface area (Å²) in [5, 5.41) is 2.59. The van der Waals surface area contributed by atoms with Gasteiger partial charge >= 0.3 is 12.1 Å². The van der Waals surface area contributed by atoms with E-state index in [9.17, 15) is 9.59 Å². The number of benzene rings is 2. The third-order valence-corrected chi connectivity index (χ3v) is 4.54. The molecule has 0 bridgehead atoms. The Kier molecular flexibility index (Phi) is 9.80. The van der Waals surface area contributed by atoms with Gasteiger partial charge in [0.15, 0.2) is 0 Å². The summed E-state index contributed by atoms with van der Waals surface area (Å²) in [4.78, 5) is 24.6. The summed E-state index contributed by atoms with van der Waals surface area (Å²) in [5.74, 6) is 0.0892. The van der Waals surface area contributed by atoms with E-state index in [1.807, 2.05) is 42.5 Å². The van der Waals surface area contributed by atoms with E-state index in [0.29, 0.717) is 19.0 Å². The van der Waals surface area contributed by atoms with Gasteiger partial charge < -0.3 is 29.0 Å². The average Bonchev–Trinajstić information content (AvgIpc) is 2.78. The van der Waals surface area contributed by atoms with Crippen molar-refractivity contribution in [2.75, 3.05) is 28.4 Å². The minimum atomic E-state index is -0.924. The van der Waals surface area contributed by atoms with E-state index in [2.05, 4.69) is 5.32 Å². The van der Waals surface area contributed by atoms with E-state index < -0.39 is 18.1 Å². The van der Waals surface area contributed by atoms with Crippen LogP contribution < -0.4 is 10.1 Å². The lowest BCUT2D eigenvalue weighted by atomic mass is 9.99. The Labute approximate surface area is 182 Å². The minimum absolute atomic E-state index is 0.0963. The molecule has 0 fully saturated rings. The smallest absolute Gasteiger partial charge is 0.408 e. The highest BCUT2D eigenvalue weighted by Crippen LogP contribution is 2.28. The second-order valence-electron chi connectivity index (χ2n) is 6.80. The molecule has 0 unspecified atom stereocenters. The first-order valence-corrected chi connectivity index (χ1v) is 9.73. The molecule has 8 nitrogen and oxygen atoms in total. The Hall–Kier alpha value is -3.10. The lowest BCUT2D eigenvalue weighted by Gasteiger charge is -2.19. The molecule has 2 aromatic carbocycles. The summed E-state index contributed by atoms with van der Waals surface area (Å²) in [6, 6.07) is 12.1. The molecule has 1 amide bonds. The fourth-order valence-electron chi connectivity index (χ4n) is 3.21. The van der Waals surface area contributed by atoms with E-state index in [-0.39, 0.29) is 13.0 Å². The van der Waals surface area contributed by atoms with Crippen molar-refractivity contribution in [1.82, 2.24) is 5.32 Å². The zero-order valence-corrected chi connectivity index (χ0v) is 18.3. The van der Waals surface area contributed by atoms with Crippen LogP contribution in [0.2, 0.25) is 0 Å². The summed E-state index contributed by atoms with van der Waals surface area (Å²) in [6.07, 6.45) is -0.508. The number of carbonyl (C=O) groups is 2. The summed E-state index contributed by atoms with van der Waals surface area (Å²) in [5.41, 5.74) is 3.25. The molecule has 31 heavy (non-hydrogen) atoms. The molecule has 168 valence electrons. The monoisotopic (exact) mass is 431 g/mol. The highest BCUT2D eigenvalue weighted by Gasteiger charge is 2.24. The molecule has 8 heteroatoms. The molecule has 0 aliphatic rings. The summed E-state index contributed by atoms with van der Waals surface area (Å²) < 4.78 is 26.1. The average molecular weight is 431 g/mol. The van der Waals surface area contributed by atoms with Gasteiger partial charge in [0, 0.05) is 31.8 Å². The predicted octanol–water partition coefficient (Wildman–Crippen LogP) is 3.00. The highest BCUT2D eigenvalue weighted by molar-refractivity contribution is 5.81. The minimum Gasteiger partial charge on any atom is -0.496 e. The number of hydrogen-bond acceptors (Lipinski definition) is 7. The normalized spacial score (nSPS) is 11.5. The number of ether oxygens (including phenoxy) is 5. The second kappa shape index (κ2) is 12.6. The Bertz CT molecular complexity index is 827. The predicted molar refractivity (Wildman–Crippen MR) is 114 cm³/mol. The van der Waals surface area contributed by atoms with Gasteiger partial charge in [0.25, 0.3) is 0 Å². The third kappa shape index (κ3) is 7.27. The Morgan fingerprint density at radius 2 is 1.48 bits per heavy atom. The van der Waals surface area contributed by atoms with Gasteiger partial charge in [-0.3, -0.25) is 0 Å². The van der Waals surface area contributed by atoms with Crippen molar-refractivity contribution < 1.29 is 33.3 Å². The van der Waals surface area contributed by atoms with E-state index in [4.69, 9.17) is 23.7 Å². The van der Waals surface area contributed by atoms with Gasteiger partial charge in [-0.2, -0.15) is 0 Å². The first-order chi connectivity index (χ1) is 15.0. The maximum Gasteiger partial charge on any atom is 0.408 e. The first kappa shape index (κ1) is 24.2. The molecule has 0 spiro atoms. The fourth-order valence-corrected chi connectivity index (χ4v) is 3.21. The van der Waals surface area contributed by atoms with Crippen LogP contribution in [0.3, 0.4) is 0 Å². The Morgan fingerprint density at radius 3 is 2.00 bits per heavy atom. The lowest BCUT2D eigenvalue weighted by Crippen LogP contribution is -2.43. The van der Waals surface area contributed by atoms with Crippen LogP contribution in [0.5, 0.6) is 5.75 Å². The van der Waals surface area contributed by atoms with Crippen LogP contribution in [0.15, 0.2) is 42.5 Å². The van der Waals surface area contributed by atoms with Gasteiger partial charge in [0.2, 0.25) is 0 Å². The molecule has 0 aliphatic carbocycles. The van der Waals surface area contributed by atoms with Crippen LogP contribution in [0, 0.1) is 0 Å².